The number of rotatable bonds is 3. The molecule has 0 rings (SSSR count). The summed E-state index contributed by atoms with van der Waals surface area (Å²) in [7, 11) is 0. The molecule has 0 bridgehead atoms. The molecule has 7 nitrogen and oxygen atoms in total. The zero-order chi connectivity index (χ0) is 11.4. The van der Waals surface area contributed by atoms with E-state index in [2.05, 4.69) is 0 Å². The number of hydrogen-bond acceptors (Lipinski definition) is 5. The Morgan fingerprint density at radius 2 is 1.38 bits per heavy atom. The maximum atomic E-state index is 9.72. The number of carboxylic acids is 2. The first-order valence-corrected chi connectivity index (χ1v) is 3.67. The Bertz CT molecular complexity index is 159. The van der Waals surface area contributed by atoms with Gasteiger partial charge in [0.25, 0.3) is 0 Å². The molecule has 13 heavy (non-hydrogen) atoms. The fourth-order valence-electron chi connectivity index (χ4n) is 0.253. The zero-order valence-electron chi connectivity index (χ0n) is 6.15. The van der Waals surface area contributed by atoms with Crippen molar-refractivity contribution < 1.29 is 67.0 Å². The van der Waals surface area contributed by atoms with E-state index in [4.69, 9.17) is 22.7 Å². The molecule has 0 aromatic rings. The third-order valence-electron chi connectivity index (χ3n) is 0.653. The molecule has 1 atom stereocenters. The summed E-state index contributed by atoms with van der Waals surface area (Å²) in [5.74, 6) is -2.85. The summed E-state index contributed by atoms with van der Waals surface area (Å²) in [6.07, 6.45) is -2.54. The first-order chi connectivity index (χ1) is 6.04. The van der Waals surface area contributed by atoms with E-state index in [9.17, 15) is 9.59 Å². The fourth-order valence-corrected chi connectivity index (χ4v) is 0.253. The molecule has 0 fully saturated rings. The van der Waals surface area contributed by atoms with Gasteiger partial charge in [0.1, 0.15) is 0 Å². The quantitative estimate of drug-likeness (QED) is 0.577. The third kappa shape index (κ3) is 18.5. The van der Waals surface area contributed by atoms with Gasteiger partial charge in [-0.3, -0.25) is 4.79 Å². The van der Waals surface area contributed by atoms with Crippen LogP contribution in [-0.4, -0.2) is 33.4 Å². The van der Waals surface area contributed by atoms with Crippen LogP contribution in [0.15, 0.2) is 0 Å². The summed E-state index contributed by atoms with van der Waals surface area (Å²) in [6.45, 7) is 0. The van der Waals surface area contributed by atoms with Gasteiger partial charge >= 0.3 is 54.0 Å². The van der Waals surface area contributed by atoms with E-state index < -0.39 is 24.5 Å². The predicted molar refractivity (Wildman–Crippen MR) is 27.3 cm³/mol. The van der Waals surface area contributed by atoms with E-state index in [1.165, 1.54) is 0 Å². The number of carbonyl (C=O) groups is 2. The van der Waals surface area contributed by atoms with Crippen LogP contribution in [0.3, 0.4) is 0 Å². The van der Waals surface area contributed by atoms with Gasteiger partial charge in [0.15, 0.2) is 6.10 Å². The van der Waals surface area contributed by atoms with Crippen LogP contribution >= 0.6 is 0 Å². The van der Waals surface area contributed by atoms with Gasteiger partial charge in [-0.15, -0.1) is 0 Å². The van der Waals surface area contributed by atoms with E-state index >= 15 is 0 Å². The van der Waals surface area contributed by atoms with E-state index in [-0.39, 0.29) is 0 Å². The standard InChI is InChI=1S/C4H6O5.2O.2V/c5-2(4(8)9)1-3(6)7;;;;/h2,5H,1H2,(H,6,7)(H,8,9);;;;. The minimum atomic E-state index is -1.79. The molecule has 0 radical (unpaired) electrons. The predicted octanol–water partition coefficient (Wildman–Crippen LogP) is -1.34. The first kappa shape index (κ1) is 18.5. The number of aliphatic hydroxyl groups excluding tert-OH is 1. The average molecular weight is 268 g/mol. The van der Waals surface area contributed by atoms with Crippen LogP contribution in [0.25, 0.3) is 0 Å². The monoisotopic (exact) mass is 268 g/mol. The Balaban J connectivity index is -0.000000218. The molecule has 3 N–H and O–H groups in total. The molecule has 0 saturated heterocycles. The van der Waals surface area contributed by atoms with E-state index in [0.717, 1.165) is 34.7 Å². The second-order valence-electron chi connectivity index (χ2n) is 1.45. The summed E-state index contributed by atoms with van der Waals surface area (Å²) in [6, 6.07) is 0. The topological polar surface area (TPSA) is 129 Å². The Morgan fingerprint density at radius 3 is 1.46 bits per heavy atom. The molecule has 0 aromatic heterocycles. The van der Waals surface area contributed by atoms with Crippen molar-refractivity contribution in [3.8, 4) is 0 Å². The summed E-state index contributed by atoms with van der Waals surface area (Å²) in [5.41, 5.74) is 0. The van der Waals surface area contributed by atoms with Crippen LogP contribution in [0.5, 0.6) is 0 Å². The molecule has 0 aliphatic rings. The number of aliphatic hydroxyl groups is 1. The molecule has 0 heterocycles. The van der Waals surface area contributed by atoms with Crippen LogP contribution in [0.1, 0.15) is 6.42 Å². The molecule has 0 aliphatic heterocycles. The van der Waals surface area contributed by atoms with Crippen molar-refractivity contribution in [1.82, 2.24) is 0 Å². The van der Waals surface area contributed by atoms with Crippen LogP contribution < -0.4 is 0 Å². The van der Waals surface area contributed by atoms with E-state index in [1.54, 1.807) is 0 Å². The maximum absolute atomic E-state index is 9.72. The normalized spacial score (nSPS) is 9.15. The molecular weight excluding hydrogens is 262 g/mol. The van der Waals surface area contributed by atoms with Gasteiger partial charge in [0.05, 0.1) is 6.42 Å². The molecule has 0 spiro atoms. The molecular formula is C4H6O7V2. The second kappa shape index (κ2) is 14.2. The summed E-state index contributed by atoms with van der Waals surface area (Å²) < 4.78 is 16.4. The molecule has 0 amide bonds. The van der Waals surface area contributed by atoms with Gasteiger partial charge in [0, 0.05) is 0 Å². The third-order valence-corrected chi connectivity index (χ3v) is 0.653. The number of aliphatic carboxylic acids is 2. The summed E-state index contributed by atoms with van der Waals surface area (Å²) in [4.78, 5) is 19.4. The molecule has 74 valence electrons. The van der Waals surface area contributed by atoms with Crippen molar-refractivity contribution in [1.29, 1.82) is 0 Å². The Morgan fingerprint density at radius 1 is 1.08 bits per heavy atom. The van der Waals surface area contributed by atoms with Gasteiger partial charge in [-0.05, 0) is 0 Å². The van der Waals surface area contributed by atoms with E-state index in [1.807, 2.05) is 0 Å². The number of carboxylic acid groups (broad SMARTS) is 2. The molecule has 9 heteroatoms. The van der Waals surface area contributed by atoms with Crippen LogP contribution in [0.2, 0.25) is 0 Å². The van der Waals surface area contributed by atoms with Gasteiger partial charge in [-0.1, -0.05) is 0 Å². The van der Waals surface area contributed by atoms with Crippen molar-refractivity contribution in [3.63, 3.8) is 0 Å². The van der Waals surface area contributed by atoms with Gasteiger partial charge < -0.3 is 15.3 Å². The van der Waals surface area contributed by atoms with Crippen LogP contribution in [0.4, 0.5) is 0 Å². The molecule has 1 unspecified atom stereocenters. The van der Waals surface area contributed by atoms with Crippen molar-refractivity contribution in [2.75, 3.05) is 0 Å². The van der Waals surface area contributed by atoms with Crippen molar-refractivity contribution >= 4 is 11.9 Å². The molecule has 0 aromatic carbocycles. The van der Waals surface area contributed by atoms with Crippen LogP contribution in [0, 0.1) is 0 Å². The minimum absolute atomic E-state index is 0.755. The van der Waals surface area contributed by atoms with Gasteiger partial charge in [0.2, 0.25) is 0 Å². The van der Waals surface area contributed by atoms with Gasteiger partial charge in [-0.25, -0.2) is 4.79 Å². The van der Waals surface area contributed by atoms with Crippen LogP contribution in [-0.2, 0) is 51.7 Å². The Kier molecular flexibility index (Phi) is 20.2. The van der Waals surface area contributed by atoms with Crippen molar-refractivity contribution in [2.45, 2.75) is 12.5 Å². The van der Waals surface area contributed by atoms with Gasteiger partial charge in [-0.2, -0.15) is 0 Å². The summed E-state index contributed by atoms with van der Waals surface area (Å²) >= 11 is 2.12. The Hall–Kier alpha value is -0.331. The fraction of sp³-hybridized carbons (Fsp3) is 0.500. The van der Waals surface area contributed by atoms with E-state index in [0.29, 0.717) is 0 Å². The van der Waals surface area contributed by atoms with Crippen molar-refractivity contribution in [2.24, 2.45) is 0 Å². The Labute approximate surface area is 91.5 Å². The molecule has 0 saturated carbocycles. The molecule has 0 aliphatic carbocycles. The first-order valence-electron chi connectivity index (χ1n) is 2.53. The zero-order valence-corrected chi connectivity index (χ0v) is 8.95. The number of hydrogen-bond donors (Lipinski definition) is 3. The SMILES string of the molecule is O=C(O)CC(O)C(=O)O.[O]=[V].[O]=[V]. The average Bonchev–Trinajstić information content (AvgIpc) is 2.10. The van der Waals surface area contributed by atoms with Crippen molar-refractivity contribution in [3.05, 3.63) is 0 Å². The second-order valence-corrected chi connectivity index (χ2v) is 1.45. The summed E-state index contributed by atoms with van der Waals surface area (Å²) in [5, 5.41) is 24.1.